The van der Waals surface area contributed by atoms with Crippen LogP contribution in [-0.2, 0) is 9.03 Å². The summed E-state index contributed by atoms with van der Waals surface area (Å²) < 4.78 is 17.6. The van der Waals surface area contributed by atoms with E-state index in [9.17, 15) is 0 Å². The van der Waals surface area contributed by atoms with Gasteiger partial charge in [-0.3, -0.25) is 4.46 Å². The summed E-state index contributed by atoms with van der Waals surface area (Å²) in [7, 11) is -7.77. The Kier molecular flexibility index (Phi) is 21.1. The maximum absolute atomic E-state index is 8.88. The first kappa shape index (κ1) is 22.5. The molecule has 7 nitrogen and oxygen atoms in total. The van der Waals surface area contributed by atoms with E-state index in [-0.39, 0.29) is 25.8 Å². The van der Waals surface area contributed by atoms with Gasteiger partial charge in [0, 0.05) is 8.41 Å². The van der Waals surface area contributed by atoms with Crippen molar-refractivity contribution < 1.29 is 33.3 Å². The zero-order valence-corrected chi connectivity index (χ0v) is 6.47. The number of phosphoric acid groups is 1. The molecule has 0 aliphatic heterocycles. The lowest BCUT2D eigenvalue weighted by Crippen LogP contribution is -1.90. The zero-order valence-electron chi connectivity index (χ0n) is 4.58. The largest absolute Gasteiger partial charge is 0.761 e. The van der Waals surface area contributed by atoms with Crippen LogP contribution in [0.2, 0.25) is 0 Å². The fourth-order valence-electron chi connectivity index (χ4n) is 0. The van der Waals surface area contributed by atoms with E-state index >= 15 is 0 Å². The average Bonchev–Trinajstić information content (AvgIpc) is 1.19. The van der Waals surface area contributed by atoms with Crippen LogP contribution in [0.4, 0.5) is 0 Å². The predicted molar refractivity (Wildman–Crippen MR) is 40.8 cm³/mol. The zero-order chi connectivity index (χ0) is 8.08. The smallest absolute Gasteiger partial charge is 0.511 e. The van der Waals surface area contributed by atoms with Gasteiger partial charge in [-0.2, -0.15) is 0 Å². The molecule has 0 amide bonds. The van der Waals surface area contributed by atoms with Crippen LogP contribution in [0.5, 0.6) is 0 Å². The molecular weight excluding hydrogens is 209 g/mol. The van der Waals surface area contributed by atoms with Gasteiger partial charge >= 0.3 is 17.0 Å². The van der Waals surface area contributed by atoms with Gasteiger partial charge < -0.3 is 24.3 Å². The third-order valence-corrected chi connectivity index (χ3v) is 0. The van der Waals surface area contributed by atoms with Crippen molar-refractivity contribution in [3.05, 3.63) is 0 Å². The van der Waals surface area contributed by atoms with E-state index in [1.54, 1.807) is 0 Å². The van der Waals surface area contributed by atoms with Gasteiger partial charge in [-0.1, -0.05) is 0 Å². The first-order valence-corrected chi connectivity index (χ1v) is 4.30. The van der Waals surface area contributed by atoms with Gasteiger partial charge in [0.05, 0.1) is 0 Å². The topological polar surface area (TPSA) is 135 Å². The molecule has 0 spiro atoms. The molecule has 3 radical (unpaired) electrons. The normalized spacial score (nSPS) is 7.55. The molecule has 11 heavy (non-hydrogen) atoms. The summed E-state index contributed by atoms with van der Waals surface area (Å²) in [5.74, 6) is 0. The predicted octanol–water partition coefficient (Wildman–Crippen LogP) is -4.11. The molecule has 0 aliphatic carbocycles. The first-order valence-electron chi connectivity index (χ1n) is 1.43. The second-order valence-electron chi connectivity index (χ2n) is 0.796. The minimum atomic E-state index is -4.64. The van der Waals surface area contributed by atoms with Gasteiger partial charge in [0.1, 0.15) is 0 Å². The summed E-state index contributed by atoms with van der Waals surface area (Å²) in [4.78, 5) is 35.9. The molecule has 0 aromatic carbocycles. The third-order valence-electron chi connectivity index (χ3n) is 0. The highest BCUT2D eigenvalue weighted by Gasteiger charge is 2.00. The van der Waals surface area contributed by atoms with Crippen molar-refractivity contribution >= 4 is 42.8 Å². The third kappa shape index (κ3) is 6800. The van der Waals surface area contributed by atoms with Crippen LogP contribution in [-0.4, -0.2) is 59.2 Å². The van der Waals surface area contributed by atoms with Gasteiger partial charge in [-0.15, -0.1) is 0 Å². The van der Waals surface area contributed by atoms with Crippen LogP contribution in [0.3, 0.4) is 0 Å². The molecule has 0 rings (SSSR count). The lowest BCUT2D eigenvalue weighted by molar-refractivity contribution is 0.275. The maximum atomic E-state index is 8.88. The summed E-state index contributed by atoms with van der Waals surface area (Å²) in [5, 5.41) is 0. The fourth-order valence-corrected chi connectivity index (χ4v) is 0. The van der Waals surface area contributed by atoms with Gasteiger partial charge in [0.2, 0.25) is 0 Å². The van der Waals surface area contributed by atoms with Crippen LogP contribution in [0.15, 0.2) is 0 Å². The van der Waals surface area contributed by atoms with Crippen LogP contribution in [0.1, 0.15) is 0 Å². The molecule has 11 heteroatoms. The van der Waals surface area contributed by atoms with Crippen LogP contribution < -0.4 is 0 Å². The molecule has 0 aromatic rings. The SMILES string of the molecule is O=P(O)(O)O.O=[Si](O)O.[AlH3].[B]. The molecule has 0 saturated heterocycles. The van der Waals surface area contributed by atoms with Crippen molar-refractivity contribution in [2.45, 2.75) is 0 Å². The molecule has 0 heterocycles. The molecule has 5 N–H and O–H groups in total. The molecule has 0 atom stereocenters. The quantitative estimate of drug-likeness (QED) is 0.205. The molecule has 0 aromatic heterocycles. The summed E-state index contributed by atoms with van der Waals surface area (Å²) in [6, 6.07) is 0. The molecule has 65 valence electrons. The van der Waals surface area contributed by atoms with Crippen molar-refractivity contribution in [3.63, 3.8) is 0 Å². The minimum absolute atomic E-state index is 0. The summed E-state index contributed by atoms with van der Waals surface area (Å²) >= 11 is 0. The van der Waals surface area contributed by atoms with Crippen molar-refractivity contribution in [2.24, 2.45) is 0 Å². The number of hydrogen-bond acceptors (Lipinski definition) is 2. The molecule has 0 fully saturated rings. The summed E-state index contributed by atoms with van der Waals surface area (Å²) in [6.45, 7) is 0. The summed E-state index contributed by atoms with van der Waals surface area (Å²) in [5.41, 5.74) is 0. The van der Waals surface area contributed by atoms with E-state index < -0.39 is 17.0 Å². The van der Waals surface area contributed by atoms with Crippen molar-refractivity contribution in [1.29, 1.82) is 0 Å². The van der Waals surface area contributed by atoms with Crippen LogP contribution >= 0.6 is 7.82 Å². The van der Waals surface area contributed by atoms with E-state index in [0.717, 1.165) is 0 Å². The fraction of sp³-hybridized carbons (Fsp3) is 0. The summed E-state index contributed by atoms with van der Waals surface area (Å²) in [6.07, 6.45) is 0. The van der Waals surface area contributed by atoms with Crippen molar-refractivity contribution in [1.82, 2.24) is 0 Å². The molecule has 0 saturated carbocycles. The Balaban J connectivity index is -0.0000000383. The number of hydrogen-bond donors (Lipinski definition) is 5. The molecule has 0 bridgehead atoms. The van der Waals surface area contributed by atoms with E-state index in [1.165, 1.54) is 0 Å². The Morgan fingerprint density at radius 2 is 1.09 bits per heavy atom. The highest BCUT2D eigenvalue weighted by Crippen LogP contribution is 2.25. The van der Waals surface area contributed by atoms with E-state index in [1.807, 2.05) is 0 Å². The lowest BCUT2D eigenvalue weighted by Gasteiger charge is -1.82. The van der Waals surface area contributed by atoms with Crippen LogP contribution in [0.25, 0.3) is 0 Å². The van der Waals surface area contributed by atoms with Gasteiger partial charge in [-0.05, 0) is 0 Å². The Hall–Kier alpha value is 0.324. The Labute approximate surface area is 76.5 Å². The van der Waals surface area contributed by atoms with Gasteiger partial charge in [-0.25, -0.2) is 4.57 Å². The van der Waals surface area contributed by atoms with Gasteiger partial charge in [0.15, 0.2) is 17.4 Å². The standard InChI is InChI=1S/Al.B.H3O4P.H2O3Si.3H/c;;1-5(2,3)4;1-4(2)3;;;/h;;(H3,1,2,3,4);1-2H;;;. The first-order chi connectivity index (χ1) is 3.73. The molecule has 0 unspecified atom stereocenters. The van der Waals surface area contributed by atoms with E-state index in [0.29, 0.717) is 0 Å². The maximum Gasteiger partial charge on any atom is 0.761 e. The number of rotatable bonds is 0. The van der Waals surface area contributed by atoms with Crippen molar-refractivity contribution in [3.8, 4) is 0 Å². The molecular formula is H8AlBO7PSi. The van der Waals surface area contributed by atoms with E-state index in [2.05, 4.69) is 0 Å². The minimum Gasteiger partial charge on any atom is -0.511 e. The second-order valence-corrected chi connectivity index (χ2v) is 2.39. The Bertz CT molecular complexity index is 118. The van der Waals surface area contributed by atoms with Crippen molar-refractivity contribution in [2.75, 3.05) is 0 Å². The molecule has 0 aliphatic rings. The lowest BCUT2D eigenvalue weighted by atomic mass is 10.8. The van der Waals surface area contributed by atoms with Crippen LogP contribution in [0, 0.1) is 0 Å². The Morgan fingerprint density at radius 3 is 1.09 bits per heavy atom. The second kappa shape index (κ2) is 10.3. The Morgan fingerprint density at radius 1 is 1.09 bits per heavy atom. The highest BCUT2D eigenvalue weighted by molar-refractivity contribution is 7.45. The monoisotopic (exact) mass is 217 g/mol. The van der Waals surface area contributed by atoms with Gasteiger partial charge in [0.25, 0.3) is 0 Å². The average molecular weight is 217 g/mol. The van der Waals surface area contributed by atoms with E-state index in [4.69, 9.17) is 33.3 Å². The highest BCUT2D eigenvalue weighted by atomic mass is 31.2.